The van der Waals surface area contributed by atoms with E-state index in [9.17, 15) is 4.79 Å². The molecule has 0 saturated heterocycles. The van der Waals surface area contributed by atoms with E-state index >= 15 is 0 Å². The fourth-order valence-electron chi connectivity index (χ4n) is 0.868. The lowest BCUT2D eigenvalue weighted by Crippen LogP contribution is -2.15. The highest BCUT2D eigenvalue weighted by molar-refractivity contribution is 6.02. The van der Waals surface area contributed by atoms with Gasteiger partial charge < -0.3 is 22.9 Å². The molecule has 0 unspecified atom stereocenters. The van der Waals surface area contributed by atoms with Gasteiger partial charge in [-0.25, -0.2) is 0 Å². The molecule has 5 nitrogen and oxygen atoms in total. The number of carbonyl (C=O) groups excluding carboxylic acids is 1. The molecule has 1 aromatic carbocycles. The zero-order valence-electron chi connectivity index (χ0n) is 6.37. The van der Waals surface area contributed by atoms with Gasteiger partial charge in [0.25, 0.3) is 5.91 Å². The minimum absolute atomic E-state index is 0.141. The van der Waals surface area contributed by atoms with Gasteiger partial charge in [0.1, 0.15) is 0 Å². The highest BCUT2D eigenvalue weighted by Crippen LogP contribution is 2.25. The van der Waals surface area contributed by atoms with Crippen molar-refractivity contribution in [2.24, 2.45) is 5.73 Å². The number of nitrogens with two attached hydrogens (primary N) is 4. The predicted octanol–water partition coefficient (Wildman–Crippen LogP) is -0.468. The van der Waals surface area contributed by atoms with E-state index in [1.54, 1.807) is 0 Å². The van der Waals surface area contributed by atoms with Crippen molar-refractivity contribution in [3.05, 3.63) is 17.7 Å². The molecular weight excluding hydrogens is 156 g/mol. The summed E-state index contributed by atoms with van der Waals surface area (Å²) in [5.74, 6) is -0.612. The molecule has 0 aliphatic heterocycles. The molecule has 0 saturated carbocycles. The third kappa shape index (κ3) is 1.12. The van der Waals surface area contributed by atoms with Crippen LogP contribution in [0.2, 0.25) is 0 Å². The van der Waals surface area contributed by atoms with E-state index in [2.05, 4.69) is 0 Å². The van der Waals surface area contributed by atoms with E-state index in [4.69, 9.17) is 22.9 Å². The van der Waals surface area contributed by atoms with Crippen molar-refractivity contribution in [3.63, 3.8) is 0 Å². The van der Waals surface area contributed by atoms with E-state index in [-0.39, 0.29) is 16.9 Å². The van der Waals surface area contributed by atoms with Gasteiger partial charge in [-0.15, -0.1) is 0 Å². The first-order valence-electron chi connectivity index (χ1n) is 3.27. The first kappa shape index (κ1) is 8.19. The van der Waals surface area contributed by atoms with Crippen LogP contribution in [0.5, 0.6) is 0 Å². The number of amides is 1. The zero-order valence-corrected chi connectivity index (χ0v) is 6.37. The van der Waals surface area contributed by atoms with Crippen LogP contribution >= 0.6 is 0 Å². The van der Waals surface area contributed by atoms with Crippen LogP contribution in [0.4, 0.5) is 17.1 Å². The van der Waals surface area contributed by atoms with Crippen LogP contribution in [0.15, 0.2) is 12.1 Å². The Kier molecular flexibility index (Phi) is 1.78. The average molecular weight is 166 g/mol. The normalized spacial score (nSPS) is 9.67. The second kappa shape index (κ2) is 2.61. The maximum Gasteiger partial charge on any atom is 0.250 e. The van der Waals surface area contributed by atoms with E-state index in [1.165, 1.54) is 12.1 Å². The van der Waals surface area contributed by atoms with Crippen molar-refractivity contribution in [2.75, 3.05) is 17.2 Å². The first-order chi connectivity index (χ1) is 5.54. The molecule has 0 aliphatic carbocycles. The summed E-state index contributed by atoms with van der Waals surface area (Å²) in [4.78, 5) is 10.7. The number of rotatable bonds is 1. The number of anilines is 3. The van der Waals surface area contributed by atoms with Crippen molar-refractivity contribution < 1.29 is 4.79 Å². The number of primary amides is 1. The Hall–Kier alpha value is -1.91. The molecule has 0 radical (unpaired) electrons. The molecular formula is C7H10N4O. The summed E-state index contributed by atoms with van der Waals surface area (Å²) < 4.78 is 0. The lowest BCUT2D eigenvalue weighted by atomic mass is 10.1. The SMILES string of the molecule is NC(=O)c1ccc(N)c(N)c1N. The summed E-state index contributed by atoms with van der Waals surface area (Å²) in [5, 5.41) is 0. The van der Waals surface area contributed by atoms with Gasteiger partial charge in [0.15, 0.2) is 0 Å². The van der Waals surface area contributed by atoms with Crippen LogP contribution in [0.1, 0.15) is 10.4 Å². The predicted molar refractivity (Wildman–Crippen MR) is 48.2 cm³/mol. The maximum atomic E-state index is 10.7. The third-order valence-corrected chi connectivity index (χ3v) is 1.59. The molecule has 0 aromatic heterocycles. The lowest BCUT2D eigenvalue weighted by Gasteiger charge is -2.06. The molecule has 0 fully saturated rings. The zero-order chi connectivity index (χ0) is 9.30. The van der Waals surface area contributed by atoms with Crippen LogP contribution in [-0.2, 0) is 0 Å². The van der Waals surface area contributed by atoms with Gasteiger partial charge in [-0.05, 0) is 12.1 Å². The van der Waals surface area contributed by atoms with Gasteiger partial charge in [-0.2, -0.15) is 0 Å². The van der Waals surface area contributed by atoms with E-state index in [0.29, 0.717) is 5.69 Å². The maximum absolute atomic E-state index is 10.7. The Bertz CT molecular complexity index is 334. The monoisotopic (exact) mass is 166 g/mol. The summed E-state index contributed by atoms with van der Waals surface area (Å²) in [5.41, 5.74) is 22.3. The molecule has 0 heterocycles. The molecule has 1 rings (SSSR count). The van der Waals surface area contributed by atoms with Gasteiger partial charge in [0.05, 0.1) is 22.6 Å². The molecule has 64 valence electrons. The highest BCUT2D eigenvalue weighted by Gasteiger charge is 2.09. The average Bonchev–Trinajstić information content (AvgIpc) is 2.00. The fourth-order valence-corrected chi connectivity index (χ4v) is 0.868. The molecule has 0 spiro atoms. The second-order valence-corrected chi connectivity index (χ2v) is 2.39. The Labute approximate surface area is 69.3 Å². The van der Waals surface area contributed by atoms with Gasteiger partial charge in [0.2, 0.25) is 0 Å². The first-order valence-corrected chi connectivity index (χ1v) is 3.27. The molecule has 5 heteroatoms. The fraction of sp³-hybridized carbons (Fsp3) is 0. The molecule has 12 heavy (non-hydrogen) atoms. The summed E-state index contributed by atoms with van der Waals surface area (Å²) in [7, 11) is 0. The lowest BCUT2D eigenvalue weighted by molar-refractivity contribution is 0.100. The van der Waals surface area contributed by atoms with Crippen LogP contribution in [0.25, 0.3) is 0 Å². The Morgan fingerprint density at radius 1 is 1.08 bits per heavy atom. The summed E-state index contributed by atoms with van der Waals surface area (Å²) >= 11 is 0. The second-order valence-electron chi connectivity index (χ2n) is 2.39. The number of carbonyl (C=O) groups is 1. The largest absolute Gasteiger partial charge is 0.397 e. The number of hydrogen-bond acceptors (Lipinski definition) is 4. The highest BCUT2D eigenvalue weighted by atomic mass is 16.1. The smallest absolute Gasteiger partial charge is 0.250 e. The third-order valence-electron chi connectivity index (χ3n) is 1.59. The van der Waals surface area contributed by atoms with Gasteiger partial charge >= 0.3 is 0 Å². The molecule has 0 bridgehead atoms. The number of hydrogen-bond donors (Lipinski definition) is 4. The molecule has 1 amide bonds. The van der Waals surface area contributed by atoms with E-state index in [0.717, 1.165) is 0 Å². The topological polar surface area (TPSA) is 121 Å². The summed E-state index contributed by atoms with van der Waals surface area (Å²) in [6.45, 7) is 0. The summed E-state index contributed by atoms with van der Waals surface area (Å²) in [6.07, 6.45) is 0. The minimum atomic E-state index is -0.612. The number of nitrogen functional groups attached to an aromatic ring is 3. The van der Waals surface area contributed by atoms with Crippen molar-refractivity contribution >= 4 is 23.0 Å². The van der Waals surface area contributed by atoms with E-state index in [1.807, 2.05) is 0 Å². The van der Waals surface area contributed by atoms with Crippen LogP contribution in [0.3, 0.4) is 0 Å². The molecule has 0 aliphatic rings. The van der Waals surface area contributed by atoms with E-state index < -0.39 is 5.91 Å². The van der Waals surface area contributed by atoms with Gasteiger partial charge in [-0.3, -0.25) is 4.79 Å². The van der Waals surface area contributed by atoms with Gasteiger partial charge in [-0.1, -0.05) is 0 Å². The number of benzene rings is 1. The van der Waals surface area contributed by atoms with Crippen LogP contribution in [0, 0.1) is 0 Å². The van der Waals surface area contributed by atoms with Crippen molar-refractivity contribution in [2.45, 2.75) is 0 Å². The quantitative estimate of drug-likeness (QED) is 0.421. The van der Waals surface area contributed by atoms with Crippen molar-refractivity contribution in [1.82, 2.24) is 0 Å². The van der Waals surface area contributed by atoms with Crippen LogP contribution < -0.4 is 22.9 Å². The van der Waals surface area contributed by atoms with Crippen molar-refractivity contribution in [1.29, 1.82) is 0 Å². The Balaban J connectivity index is 3.36. The van der Waals surface area contributed by atoms with Gasteiger partial charge in [0, 0.05) is 0 Å². The molecule has 8 N–H and O–H groups in total. The molecule has 1 aromatic rings. The molecule has 0 atom stereocenters. The van der Waals surface area contributed by atoms with Crippen LogP contribution in [-0.4, -0.2) is 5.91 Å². The summed E-state index contributed by atoms with van der Waals surface area (Å²) in [6, 6.07) is 2.94. The standard InChI is InChI=1S/C7H10N4O/c8-4-2-1-3(7(11)12)5(9)6(4)10/h1-2H,8-10H2,(H2,11,12). The Morgan fingerprint density at radius 3 is 2.17 bits per heavy atom. The minimum Gasteiger partial charge on any atom is -0.397 e. The van der Waals surface area contributed by atoms with Crippen molar-refractivity contribution in [3.8, 4) is 0 Å². The Morgan fingerprint density at radius 2 is 1.67 bits per heavy atom.